The van der Waals surface area contributed by atoms with Crippen LogP contribution in [0, 0.1) is 13.8 Å². The van der Waals surface area contributed by atoms with E-state index in [-0.39, 0.29) is 5.78 Å². The van der Waals surface area contributed by atoms with Gasteiger partial charge in [-0.05, 0) is 38.5 Å². The molecule has 0 amide bonds. The summed E-state index contributed by atoms with van der Waals surface area (Å²) in [7, 11) is 0. The third kappa shape index (κ3) is 3.93. The van der Waals surface area contributed by atoms with Crippen LogP contribution < -0.4 is 0 Å². The first-order chi connectivity index (χ1) is 9.04. The SMILES string of the molecule is CC(=O)c1ccnc(SCc2cc(C)cc(C)c2)c1. The highest BCUT2D eigenvalue weighted by molar-refractivity contribution is 7.98. The van der Waals surface area contributed by atoms with Crippen LogP contribution in [0.5, 0.6) is 0 Å². The number of hydrogen-bond acceptors (Lipinski definition) is 3. The second-order valence-corrected chi connectivity index (χ2v) is 5.72. The third-order valence-corrected chi connectivity index (χ3v) is 3.81. The normalized spacial score (nSPS) is 10.5. The van der Waals surface area contributed by atoms with Crippen molar-refractivity contribution >= 4 is 17.5 Å². The van der Waals surface area contributed by atoms with E-state index in [4.69, 9.17) is 0 Å². The molecule has 0 aliphatic heterocycles. The molecular formula is C16H17NOS. The minimum Gasteiger partial charge on any atom is -0.295 e. The van der Waals surface area contributed by atoms with Gasteiger partial charge in [-0.3, -0.25) is 4.79 Å². The second-order valence-electron chi connectivity index (χ2n) is 4.72. The van der Waals surface area contributed by atoms with Crippen LogP contribution in [0.4, 0.5) is 0 Å². The summed E-state index contributed by atoms with van der Waals surface area (Å²) >= 11 is 1.66. The lowest BCUT2D eigenvalue weighted by Crippen LogP contribution is -1.93. The van der Waals surface area contributed by atoms with E-state index in [9.17, 15) is 4.79 Å². The maximum atomic E-state index is 11.3. The molecule has 0 bridgehead atoms. The summed E-state index contributed by atoms with van der Waals surface area (Å²) in [4.78, 5) is 15.6. The molecule has 1 aromatic carbocycles. The van der Waals surface area contributed by atoms with E-state index < -0.39 is 0 Å². The van der Waals surface area contributed by atoms with E-state index in [1.54, 1.807) is 30.9 Å². The predicted molar refractivity (Wildman–Crippen MR) is 79.7 cm³/mol. The number of ketones is 1. The van der Waals surface area contributed by atoms with Crippen LogP contribution in [0.2, 0.25) is 0 Å². The first kappa shape index (κ1) is 13.8. The summed E-state index contributed by atoms with van der Waals surface area (Å²) in [5.41, 5.74) is 4.57. The Balaban J connectivity index is 2.10. The van der Waals surface area contributed by atoms with Gasteiger partial charge >= 0.3 is 0 Å². The zero-order valence-corrected chi connectivity index (χ0v) is 12.3. The van der Waals surface area contributed by atoms with E-state index in [1.807, 2.05) is 6.07 Å². The Morgan fingerprint density at radius 1 is 1.16 bits per heavy atom. The van der Waals surface area contributed by atoms with Crippen molar-refractivity contribution in [2.45, 2.75) is 31.6 Å². The van der Waals surface area contributed by atoms with Crippen LogP contribution in [-0.2, 0) is 5.75 Å². The maximum Gasteiger partial charge on any atom is 0.159 e. The van der Waals surface area contributed by atoms with Crippen molar-refractivity contribution in [2.24, 2.45) is 0 Å². The van der Waals surface area contributed by atoms with Crippen molar-refractivity contribution in [1.29, 1.82) is 0 Å². The molecule has 0 N–H and O–H groups in total. The van der Waals surface area contributed by atoms with E-state index in [1.165, 1.54) is 16.7 Å². The van der Waals surface area contributed by atoms with Gasteiger partial charge in [-0.2, -0.15) is 0 Å². The zero-order valence-electron chi connectivity index (χ0n) is 11.4. The number of rotatable bonds is 4. The van der Waals surface area contributed by atoms with Gasteiger partial charge < -0.3 is 0 Å². The molecule has 0 saturated carbocycles. The summed E-state index contributed by atoms with van der Waals surface area (Å²) in [5, 5.41) is 0.895. The number of aryl methyl sites for hydroxylation is 2. The molecule has 0 unspecified atom stereocenters. The maximum absolute atomic E-state index is 11.3. The molecule has 0 radical (unpaired) electrons. The zero-order chi connectivity index (χ0) is 13.8. The summed E-state index contributed by atoms with van der Waals surface area (Å²) in [6.07, 6.45) is 1.69. The van der Waals surface area contributed by atoms with Gasteiger partial charge in [-0.25, -0.2) is 4.98 Å². The summed E-state index contributed by atoms with van der Waals surface area (Å²) in [5.74, 6) is 0.951. The number of Topliss-reactive ketones (excluding diaryl/α,β-unsaturated/α-hetero) is 1. The minimum atomic E-state index is 0.0793. The van der Waals surface area contributed by atoms with Gasteiger partial charge in [0.1, 0.15) is 0 Å². The van der Waals surface area contributed by atoms with Gasteiger partial charge in [0.2, 0.25) is 0 Å². The minimum absolute atomic E-state index is 0.0793. The molecule has 2 nitrogen and oxygen atoms in total. The second kappa shape index (κ2) is 6.02. The van der Waals surface area contributed by atoms with Gasteiger partial charge in [0.25, 0.3) is 0 Å². The first-order valence-corrected chi connectivity index (χ1v) is 7.20. The first-order valence-electron chi connectivity index (χ1n) is 6.21. The number of benzene rings is 1. The molecule has 98 valence electrons. The number of nitrogens with zero attached hydrogens (tertiary/aromatic N) is 1. The topological polar surface area (TPSA) is 30.0 Å². The monoisotopic (exact) mass is 271 g/mol. The quantitative estimate of drug-likeness (QED) is 0.617. The molecule has 0 atom stereocenters. The highest BCUT2D eigenvalue weighted by Gasteiger charge is 2.03. The number of hydrogen-bond donors (Lipinski definition) is 0. The van der Waals surface area contributed by atoms with E-state index in [2.05, 4.69) is 37.0 Å². The van der Waals surface area contributed by atoms with Crippen LogP contribution in [0.25, 0.3) is 0 Å². The number of pyridine rings is 1. The van der Waals surface area contributed by atoms with Gasteiger partial charge in [0, 0.05) is 17.5 Å². The average molecular weight is 271 g/mol. The van der Waals surface area contributed by atoms with E-state index >= 15 is 0 Å². The lowest BCUT2D eigenvalue weighted by Gasteiger charge is -2.05. The summed E-state index contributed by atoms with van der Waals surface area (Å²) in [6.45, 7) is 5.79. The van der Waals surface area contributed by atoms with Crippen molar-refractivity contribution in [3.05, 3.63) is 58.8 Å². The smallest absolute Gasteiger partial charge is 0.159 e. The van der Waals surface area contributed by atoms with Crippen LogP contribution in [0.15, 0.2) is 41.6 Å². The van der Waals surface area contributed by atoms with E-state index in [0.29, 0.717) is 0 Å². The molecule has 19 heavy (non-hydrogen) atoms. The molecular weight excluding hydrogens is 254 g/mol. The Morgan fingerprint density at radius 3 is 2.47 bits per heavy atom. The summed E-state index contributed by atoms with van der Waals surface area (Å²) in [6, 6.07) is 10.2. The average Bonchev–Trinajstić information content (AvgIpc) is 2.35. The molecule has 1 aromatic heterocycles. The number of carbonyl (C=O) groups excluding carboxylic acids is 1. The van der Waals surface area contributed by atoms with E-state index in [0.717, 1.165) is 16.3 Å². The molecule has 3 heteroatoms. The van der Waals surface area contributed by atoms with Crippen molar-refractivity contribution in [3.63, 3.8) is 0 Å². The van der Waals surface area contributed by atoms with Crippen LogP contribution in [0.1, 0.15) is 34.0 Å². The molecule has 0 fully saturated rings. The fourth-order valence-corrected chi connectivity index (χ4v) is 2.84. The molecule has 0 spiro atoms. The molecule has 2 aromatic rings. The van der Waals surface area contributed by atoms with Crippen LogP contribution in [0.3, 0.4) is 0 Å². The fraction of sp³-hybridized carbons (Fsp3) is 0.250. The third-order valence-electron chi connectivity index (χ3n) is 2.81. The fourth-order valence-electron chi connectivity index (χ4n) is 2.02. The Hall–Kier alpha value is -1.61. The molecule has 1 heterocycles. The Morgan fingerprint density at radius 2 is 1.84 bits per heavy atom. The van der Waals surface area contributed by atoms with Crippen molar-refractivity contribution in [1.82, 2.24) is 4.98 Å². The van der Waals surface area contributed by atoms with Crippen LogP contribution in [-0.4, -0.2) is 10.8 Å². The highest BCUT2D eigenvalue weighted by Crippen LogP contribution is 2.22. The largest absolute Gasteiger partial charge is 0.295 e. The Kier molecular flexibility index (Phi) is 4.38. The lowest BCUT2D eigenvalue weighted by molar-refractivity contribution is 0.101. The number of aromatic nitrogens is 1. The van der Waals surface area contributed by atoms with Crippen molar-refractivity contribution < 1.29 is 4.79 Å². The predicted octanol–water partition coefficient (Wildman–Crippen LogP) is 4.19. The van der Waals surface area contributed by atoms with Gasteiger partial charge in [-0.15, -0.1) is 11.8 Å². The lowest BCUT2D eigenvalue weighted by atomic mass is 10.1. The highest BCUT2D eigenvalue weighted by atomic mass is 32.2. The van der Waals surface area contributed by atoms with Crippen LogP contribution >= 0.6 is 11.8 Å². The Bertz CT molecular complexity index is 587. The number of carbonyl (C=O) groups is 1. The van der Waals surface area contributed by atoms with Gasteiger partial charge in [0.05, 0.1) is 5.03 Å². The Labute approximate surface area is 118 Å². The summed E-state index contributed by atoms with van der Waals surface area (Å²) < 4.78 is 0. The number of thioether (sulfide) groups is 1. The van der Waals surface area contributed by atoms with Crippen molar-refractivity contribution in [3.8, 4) is 0 Å². The standard InChI is InChI=1S/C16H17NOS/c1-11-6-12(2)8-14(7-11)10-19-16-9-15(13(3)18)4-5-17-16/h4-9H,10H2,1-3H3. The molecule has 0 aliphatic carbocycles. The van der Waals surface area contributed by atoms with Crippen molar-refractivity contribution in [2.75, 3.05) is 0 Å². The van der Waals surface area contributed by atoms with Gasteiger partial charge in [-0.1, -0.05) is 29.3 Å². The molecule has 0 saturated heterocycles. The molecule has 2 rings (SSSR count). The van der Waals surface area contributed by atoms with Gasteiger partial charge in [0.15, 0.2) is 5.78 Å². The molecule has 0 aliphatic rings.